The first kappa shape index (κ1) is 18.6. The largest absolute Gasteiger partial charge is 0.348 e. The second kappa shape index (κ2) is 8.50. The molecule has 0 aromatic carbocycles. The van der Waals surface area contributed by atoms with Crippen molar-refractivity contribution < 1.29 is 9.59 Å². The molecule has 4 rings (SSSR count). The van der Waals surface area contributed by atoms with E-state index in [0.717, 1.165) is 24.2 Å². The van der Waals surface area contributed by atoms with Crippen LogP contribution >= 0.6 is 0 Å². The summed E-state index contributed by atoms with van der Waals surface area (Å²) in [5.74, 6) is 0.376. The van der Waals surface area contributed by atoms with E-state index in [2.05, 4.69) is 25.1 Å². The second-order valence-corrected chi connectivity index (χ2v) is 7.70. The molecule has 1 unspecified atom stereocenters. The van der Waals surface area contributed by atoms with Crippen molar-refractivity contribution in [1.82, 2.24) is 30.0 Å². The van der Waals surface area contributed by atoms with Crippen molar-refractivity contribution in [2.75, 3.05) is 6.54 Å². The summed E-state index contributed by atoms with van der Waals surface area (Å²) >= 11 is 0. The van der Waals surface area contributed by atoms with Crippen LogP contribution in [0.5, 0.6) is 0 Å². The molecule has 0 radical (unpaired) electrons. The Morgan fingerprint density at radius 2 is 2.11 bits per heavy atom. The quantitative estimate of drug-likeness (QED) is 0.823. The summed E-state index contributed by atoms with van der Waals surface area (Å²) in [4.78, 5) is 30.7. The maximum absolute atomic E-state index is 12.6. The van der Waals surface area contributed by atoms with Crippen molar-refractivity contribution in [3.63, 3.8) is 0 Å². The summed E-state index contributed by atoms with van der Waals surface area (Å²) < 4.78 is 2.11. The number of likely N-dealkylation sites (tertiary alicyclic amines) is 1. The molecule has 1 atom stereocenters. The molecular weight excluding hydrogens is 356 g/mol. The van der Waals surface area contributed by atoms with Crippen LogP contribution in [-0.2, 0) is 22.7 Å². The van der Waals surface area contributed by atoms with Gasteiger partial charge in [-0.25, -0.2) is 0 Å². The third-order valence-corrected chi connectivity index (χ3v) is 5.72. The molecule has 28 heavy (non-hydrogen) atoms. The summed E-state index contributed by atoms with van der Waals surface area (Å²) in [5.41, 5.74) is 0.970. The van der Waals surface area contributed by atoms with Crippen LogP contribution in [0.25, 0.3) is 0 Å². The molecule has 1 aliphatic heterocycles. The Morgan fingerprint density at radius 1 is 1.25 bits per heavy atom. The van der Waals surface area contributed by atoms with Gasteiger partial charge in [0, 0.05) is 37.9 Å². The molecule has 1 N–H and O–H groups in total. The van der Waals surface area contributed by atoms with E-state index in [0.29, 0.717) is 25.7 Å². The van der Waals surface area contributed by atoms with E-state index in [1.54, 1.807) is 23.6 Å². The van der Waals surface area contributed by atoms with Crippen molar-refractivity contribution in [2.45, 2.75) is 57.7 Å². The van der Waals surface area contributed by atoms with Gasteiger partial charge in [-0.1, -0.05) is 25.3 Å². The molecule has 2 aromatic heterocycles. The summed E-state index contributed by atoms with van der Waals surface area (Å²) in [6, 6.07) is 4.22. The minimum absolute atomic E-state index is 0.00868. The molecule has 1 aliphatic carbocycles. The van der Waals surface area contributed by atoms with Gasteiger partial charge in [0.15, 0.2) is 5.82 Å². The first-order valence-corrected chi connectivity index (χ1v) is 10.0. The molecule has 0 spiro atoms. The highest BCUT2D eigenvalue weighted by atomic mass is 16.2. The minimum atomic E-state index is -0.324. The van der Waals surface area contributed by atoms with Gasteiger partial charge < -0.3 is 14.8 Å². The molecule has 8 nitrogen and oxygen atoms in total. The number of aromatic nitrogens is 4. The molecule has 1 saturated heterocycles. The number of carbonyl (C=O) groups is 2. The molecule has 2 aliphatic rings. The summed E-state index contributed by atoms with van der Waals surface area (Å²) in [7, 11) is 0. The highest BCUT2D eigenvalue weighted by molar-refractivity contribution is 5.89. The van der Waals surface area contributed by atoms with Crippen LogP contribution in [0.2, 0.25) is 0 Å². The molecule has 3 heterocycles. The van der Waals surface area contributed by atoms with Gasteiger partial charge in [-0.15, -0.1) is 10.2 Å². The third kappa shape index (κ3) is 4.21. The standard InChI is InChI=1S/C20H26N6O2/c27-19-9-16(13-25(19)12-15-5-4-8-21-10-15)20(28)22-11-18-24-23-14-26(18)17-6-2-1-3-7-17/h4-5,8,10,14,16-17H,1-3,6-7,9,11-13H2,(H,22,28). The van der Waals surface area contributed by atoms with Crippen LogP contribution in [0.4, 0.5) is 0 Å². The van der Waals surface area contributed by atoms with Crippen molar-refractivity contribution in [3.8, 4) is 0 Å². The molecule has 0 bridgehead atoms. The van der Waals surface area contributed by atoms with Crippen molar-refractivity contribution in [3.05, 3.63) is 42.2 Å². The zero-order chi connectivity index (χ0) is 19.3. The number of hydrogen-bond acceptors (Lipinski definition) is 5. The fraction of sp³-hybridized carbons (Fsp3) is 0.550. The highest BCUT2D eigenvalue weighted by Crippen LogP contribution is 2.28. The Kier molecular flexibility index (Phi) is 5.64. The van der Waals surface area contributed by atoms with E-state index in [-0.39, 0.29) is 24.2 Å². The van der Waals surface area contributed by atoms with Crippen LogP contribution in [0.3, 0.4) is 0 Å². The molecule has 2 fully saturated rings. The van der Waals surface area contributed by atoms with Crippen molar-refractivity contribution in [2.24, 2.45) is 5.92 Å². The maximum atomic E-state index is 12.6. The highest BCUT2D eigenvalue weighted by Gasteiger charge is 2.34. The lowest BCUT2D eigenvalue weighted by atomic mass is 9.95. The molecule has 8 heteroatoms. The number of carbonyl (C=O) groups excluding carboxylic acids is 2. The normalized spacial score (nSPS) is 20.5. The number of nitrogens with one attached hydrogen (secondary N) is 1. The third-order valence-electron chi connectivity index (χ3n) is 5.72. The monoisotopic (exact) mass is 382 g/mol. The topological polar surface area (TPSA) is 93.0 Å². The number of pyridine rings is 1. The van der Waals surface area contributed by atoms with Gasteiger partial charge in [0.25, 0.3) is 0 Å². The summed E-state index contributed by atoms with van der Waals surface area (Å²) in [5, 5.41) is 11.2. The van der Waals surface area contributed by atoms with Gasteiger partial charge in [-0.3, -0.25) is 14.6 Å². The Morgan fingerprint density at radius 3 is 2.89 bits per heavy atom. The molecular formula is C20H26N6O2. The van der Waals surface area contributed by atoms with Crippen LogP contribution in [0, 0.1) is 5.92 Å². The number of hydrogen-bond donors (Lipinski definition) is 1. The van der Waals surface area contributed by atoms with Gasteiger partial charge in [0.2, 0.25) is 11.8 Å². The molecule has 2 amide bonds. The lowest BCUT2D eigenvalue weighted by Gasteiger charge is -2.24. The summed E-state index contributed by atoms with van der Waals surface area (Å²) in [6.07, 6.45) is 11.5. The average molecular weight is 382 g/mol. The zero-order valence-corrected chi connectivity index (χ0v) is 16.0. The van der Waals surface area contributed by atoms with Gasteiger partial charge in [0.1, 0.15) is 6.33 Å². The lowest BCUT2D eigenvalue weighted by molar-refractivity contribution is -0.129. The van der Waals surface area contributed by atoms with Gasteiger partial charge >= 0.3 is 0 Å². The fourth-order valence-corrected chi connectivity index (χ4v) is 4.18. The number of nitrogens with zero attached hydrogens (tertiary/aromatic N) is 5. The minimum Gasteiger partial charge on any atom is -0.348 e. The Bertz CT molecular complexity index is 815. The van der Waals surface area contributed by atoms with E-state index >= 15 is 0 Å². The number of rotatable bonds is 6. The predicted octanol–water partition coefficient (Wildman–Crippen LogP) is 1.84. The SMILES string of the molecule is O=C(NCc1nncn1C1CCCCC1)C1CC(=O)N(Cc2cccnc2)C1. The maximum Gasteiger partial charge on any atom is 0.225 e. The molecule has 1 saturated carbocycles. The van der Waals surface area contributed by atoms with E-state index in [1.807, 2.05) is 12.1 Å². The van der Waals surface area contributed by atoms with Crippen molar-refractivity contribution >= 4 is 11.8 Å². The predicted molar refractivity (Wildman–Crippen MR) is 102 cm³/mol. The fourth-order valence-electron chi connectivity index (χ4n) is 4.18. The van der Waals surface area contributed by atoms with E-state index in [9.17, 15) is 9.59 Å². The van der Waals surface area contributed by atoms with Crippen molar-refractivity contribution in [1.29, 1.82) is 0 Å². The van der Waals surface area contributed by atoms with E-state index in [1.165, 1.54) is 19.3 Å². The first-order valence-electron chi connectivity index (χ1n) is 10.0. The van der Waals surface area contributed by atoms with Crippen LogP contribution < -0.4 is 5.32 Å². The van der Waals surface area contributed by atoms with Gasteiger partial charge in [-0.05, 0) is 24.5 Å². The van der Waals surface area contributed by atoms with Crippen LogP contribution in [-0.4, -0.2) is 43.0 Å². The van der Waals surface area contributed by atoms with Crippen LogP contribution in [0.1, 0.15) is 56.0 Å². The first-order chi connectivity index (χ1) is 13.7. The zero-order valence-electron chi connectivity index (χ0n) is 16.0. The summed E-state index contributed by atoms with van der Waals surface area (Å²) in [6.45, 7) is 1.28. The Balaban J connectivity index is 1.31. The Hall–Kier alpha value is -2.77. The van der Waals surface area contributed by atoms with Crippen LogP contribution in [0.15, 0.2) is 30.9 Å². The smallest absolute Gasteiger partial charge is 0.225 e. The molecule has 148 valence electrons. The Labute approximate surface area is 164 Å². The second-order valence-electron chi connectivity index (χ2n) is 7.70. The van der Waals surface area contributed by atoms with Gasteiger partial charge in [0.05, 0.1) is 12.5 Å². The molecule has 2 aromatic rings. The number of amides is 2. The van der Waals surface area contributed by atoms with E-state index < -0.39 is 0 Å². The van der Waals surface area contributed by atoms with E-state index in [4.69, 9.17) is 0 Å². The lowest BCUT2D eigenvalue weighted by Crippen LogP contribution is -2.33. The average Bonchev–Trinajstić information content (AvgIpc) is 3.34. The van der Waals surface area contributed by atoms with Gasteiger partial charge in [-0.2, -0.15) is 0 Å².